The number of nitrogens with zero attached hydrogens (tertiary/aromatic N) is 2. The molecule has 0 saturated heterocycles. The normalized spacial score (nSPS) is 13.8. The van der Waals surface area contributed by atoms with Crippen LogP contribution in [-0.4, -0.2) is 38.9 Å². The average molecular weight is 472 g/mol. The third kappa shape index (κ3) is 4.71. The van der Waals surface area contributed by atoms with Crippen LogP contribution in [0.1, 0.15) is 34.5 Å². The summed E-state index contributed by atoms with van der Waals surface area (Å²) in [5, 5.41) is 8.04. The van der Waals surface area contributed by atoms with Crippen molar-refractivity contribution in [2.75, 3.05) is 31.8 Å². The Bertz CT molecular complexity index is 1140. The first-order chi connectivity index (χ1) is 15.5. The van der Waals surface area contributed by atoms with E-state index in [2.05, 4.69) is 17.4 Å². The van der Waals surface area contributed by atoms with Gasteiger partial charge in [0.05, 0.1) is 24.5 Å². The number of thiophene rings is 1. The van der Waals surface area contributed by atoms with Gasteiger partial charge in [0, 0.05) is 50.4 Å². The van der Waals surface area contributed by atoms with Gasteiger partial charge in [0.2, 0.25) is 0 Å². The number of carbonyl (C=O) groups is 1. The highest BCUT2D eigenvalue weighted by Crippen LogP contribution is 2.40. The smallest absolute Gasteiger partial charge is 0.318 e. The molecule has 1 amide bonds. The van der Waals surface area contributed by atoms with Crippen molar-refractivity contribution in [1.29, 1.82) is 0 Å². The molecule has 4 rings (SSSR count). The second kappa shape index (κ2) is 10.1. The Morgan fingerprint density at radius 1 is 1.28 bits per heavy atom. The largest absolute Gasteiger partial charge is 0.383 e. The van der Waals surface area contributed by atoms with Gasteiger partial charge in [0.1, 0.15) is 0 Å². The van der Waals surface area contributed by atoms with Crippen LogP contribution >= 0.6 is 22.9 Å². The molecule has 1 fully saturated rings. The lowest BCUT2D eigenvalue weighted by atomic mass is 9.93. The number of halogens is 1. The SMILES string of the molecule is COCCN(CNC1CCC1)c1ccc(-c2c(C)sc3cc(Cl)ccc23)cc1C(=O)N=O. The van der Waals surface area contributed by atoms with Gasteiger partial charge in [0.25, 0.3) is 0 Å². The quantitative estimate of drug-likeness (QED) is 0.306. The lowest BCUT2D eigenvalue weighted by Crippen LogP contribution is -2.44. The maximum Gasteiger partial charge on any atom is 0.318 e. The molecular formula is C24H26ClN3O3S. The molecule has 0 radical (unpaired) electrons. The number of carbonyl (C=O) groups excluding carboxylic acids is 1. The van der Waals surface area contributed by atoms with Crippen LogP contribution in [0.25, 0.3) is 21.2 Å². The third-order valence-corrected chi connectivity index (χ3v) is 7.31. The summed E-state index contributed by atoms with van der Waals surface area (Å²) in [7, 11) is 1.65. The van der Waals surface area contributed by atoms with Gasteiger partial charge in [-0.25, -0.2) is 0 Å². The number of hydrogen-bond donors (Lipinski definition) is 1. The zero-order chi connectivity index (χ0) is 22.7. The fraction of sp³-hybridized carbons (Fsp3) is 0.375. The van der Waals surface area contributed by atoms with E-state index in [4.69, 9.17) is 16.3 Å². The Hall–Kier alpha value is -2.32. The van der Waals surface area contributed by atoms with Gasteiger partial charge in [-0.3, -0.25) is 10.1 Å². The first-order valence-electron chi connectivity index (χ1n) is 10.7. The fourth-order valence-electron chi connectivity index (χ4n) is 4.08. The van der Waals surface area contributed by atoms with E-state index in [0.29, 0.717) is 42.1 Å². The minimum atomic E-state index is -0.770. The summed E-state index contributed by atoms with van der Waals surface area (Å²) in [4.78, 5) is 27.0. The van der Waals surface area contributed by atoms with E-state index in [1.54, 1.807) is 24.5 Å². The van der Waals surface area contributed by atoms with Gasteiger partial charge in [-0.1, -0.05) is 30.2 Å². The molecule has 1 saturated carbocycles. The van der Waals surface area contributed by atoms with Crippen LogP contribution in [0.4, 0.5) is 5.69 Å². The van der Waals surface area contributed by atoms with E-state index in [1.807, 2.05) is 35.2 Å². The fourth-order valence-corrected chi connectivity index (χ4v) is 5.44. The number of fused-ring (bicyclic) bond motifs is 1. The monoisotopic (exact) mass is 471 g/mol. The van der Waals surface area contributed by atoms with Crippen molar-refractivity contribution in [2.45, 2.75) is 32.2 Å². The zero-order valence-electron chi connectivity index (χ0n) is 18.2. The number of benzene rings is 2. The first kappa shape index (κ1) is 22.9. The molecule has 1 aliphatic rings. The van der Waals surface area contributed by atoms with E-state index >= 15 is 0 Å². The summed E-state index contributed by atoms with van der Waals surface area (Å²) in [6.07, 6.45) is 3.56. The highest BCUT2D eigenvalue weighted by molar-refractivity contribution is 7.19. The number of methoxy groups -OCH3 is 1. The van der Waals surface area contributed by atoms with Crippen LogP contribution in [-0.2, 0) is 4.74 Å². The molecule has 0 atom stereocenters. The van der Waals surface area contributed by atoms with Crippen molar-refractivity contribution in [3.63, 3.8) is 0 Å². The Labute approximate surface area is 196 Å². The Kier molecular flexibility index (Phi) is 7.20. The van der Waals surface area contributed by atoms with Crippen molar-refractivity contribution in [2.24, 2.45) is 5.18 Å². The highest BCUT2D eigenvalue weighted by atomic mass is 35.5. The standard InChI is InChI=1S/C24H26ClN3O3S/c1-15-23(19-8-7-17(25)13-22(19)32-15)16-6-9-21(20(12-16)24(29)27-30)28(10-11-31-2)14-26-18-4-3-5-18/h6-9,12-13,18,26H,3-5,10-11,14H2,1-2H3. The summed E-state index contributed by atoms with van der Waals surface area (Å²) in [6.45, 7) is 3.72. The van der Waals surface area contributed by atoms with Gasteiger partial charge >= 0.3 is 5.91 Å². The summed E-state index contributed by atoms with van der Waals surface area (Å²) >= 11 is 7.83. The summed E-state index contributed by atoms with van der Waals surface area (Å²) in [5.41, 5.74) is 2.91. The third-order valence-electron chi connectivity index (χ3n) is 6.01. The lowest BCUT2D eigenvalue weighted by Gasteiger charge is -2.32. The van der Waals surface area contributed by atoms with Crippen LogP contribution < -0.4 is 10.2 Å². The number of rotatable bonds is 9. The molecule has 168 valence electrons. The molecule has 1 heterocycles. The second-order valence-electron chi connectivity index (χ2n) is 8.05. The molecular weight excluding hydrogens is 446 g/mol. The van der Waals surface area contributed by atoms with Crippen molar-refractivity contribution < 1.29 is 9.53 Å². The summed E-state index contributed by atoms with van der Waals surface area (Å²) < 4.78 is 6.36. The van der Waals surface area contributed by atoms with E-state index < -0.39 is 5.91 Å². The molecule has 6 nitrogen and oxygen atoms in total. The van der Waals surface area contributed by atoms with Gasteiger partial charge in [-0.05, 0) is 49.6 Å². The molecule has 8 heteroatoms. The van der Waals surface area contributed by atoms with Crippen molar-refractivity contribution in [1.82, 2.24) is 5.32 Å². The van der Waals surface area contributed by atoms with E-state index in [-0.39, 0.29) is 0 Å². The number of nitrogens with one attached hydrogen (secondary N) is 1. The molecule has 0 spiro atoms. The minimum absolute atomic E-state index is 0.303. The van der Waals surface area contributed by atoms with Gasteiger partial charge < -0.3 is 9.64 Å². The van der Waals surface area contributed by atoms with E-state index in [0.717, 1.165) is 38.9 Å². The number of nitroso groups, excluding NO2 is 1. The average Bonchev–Trinajstić information content (AvgIpc) is 3.08. The van der Waals surface area contributed by atoms with Gasteiger partial charge in [0.15, 0.2) is 0 Å². The summed E-state index contributed by atoms with van der Waals surface area (Å²) in [6, 6.07) is 12.0. The number of amides is 1. The molecule has 1 aliphatic carbocycles. The van der Waals surface area contributed by atoms with Crippen LogP contribution in [0.2, 0.25) is 5.02 Å². The van der Waals surface area contributed by atoms with E-state index in [1.165, 1.54) is 6.42 Å². The van der Waals surface area contributed by atoms with Crippen molar-refractivity contribution in [3.8, 4) is 11.1 Å². The molecule has 32 heavy (non-hydrogen) atoms. The number of ether oxygens (including phenoxy) is 1. The molecule has 0 unspecified atom stereocenters. The molecule has 1 N–H and O–H groups in total. The zero-order valence-corrected chi connectivity index (χ0v) is 19.8. The number of hydrogen-bond acceptors (Lipinski definition) is 6. The van der Waals surface area contributed by atoms with Crippen molar-refractivity contribution >= 4 is 44.6 Å². The predicted molar refractivity (Wildman–Crippen MR) is 132 cm³/mol. The van der Waals surface area contributed by atoms with Crippen LogP contribution in [0.3, 0.4) is 0 Å². The van der Waals surface area contributed by atoms with Gasteiger partial charge in [-0.2, -0.15) is 0 Å². The number of aryl methyl sites for hydroxylation is 1. The summed E-state index contributed by atoms with van der Waals surface area (Å²) in [5.74, 6) is -0.770. The lowest BCUT2D eigenvalue weighted by molar-refractivity contribution is 0.100. The molecule has 0 aliphatic heterocycles. The first-order valence-corrected chi connectivity index (χ1v) is 11.9. The molecule has 3 aromatic rings. The number of anilines is 1. The maximum atomic E-state index is 12.6. The Morgan fingerprint density at radius 3 is 2.78 bits per heavy atom. The Balaban J connectivity index is 1.75. The second-order valence-corrected chi connectivity index (χ2v) is 9.74. The van der Waals surface area contributed by atoms with Crippen LogP contribution in [0.15, 0.2) is 41.6 Å². The van der Waals surface area contributed by atoms with Crippen LogP contribution in [0.5, 0.6) is 0 Å². The topological polar surface area (TPSA) is 71.0 Å². The predicted octanol–water partition coefficient (Wildman–Crippen LogP) is 5.99. The Morgan fingerprint density at radius 2 is 2.09 bits per heavy atom. The molecule has 2 aromatic carbocycles. The maximum absolute atomic E-state index is 12.6. The highest BCUT2D eigenvalue weighted by Gasteiger charge is 2.22. The molecule has 1 aromatic heterocycles. The van der Waals surface area contributed by atoms with Crippen LogP contribution in [0, 0.1) is 11.8 Å². The van der Waals surface area contributed by atoms with Crippen molar-refractivity contribution in [3.05, 3.63) is 56.8 Å². The van der Waals surface area contributed by atoms with E-state index in [9.17, 15) is 9.70 Å². The minimum Gasteiger partial charge on any atom is -0.383 e. The molecule has 0 bridgehead atoms. The van der Waals surface area contributed by atoms with Gasteiger partial charge in [-0.15, -0.1) is 16.2 Å².